The smallest absolute Gasteiger partial charge is 0.229 e. The summed E-state index contributed by atoms with van der Waals surface area (Å²) in [6.07, 6.45) is 3.81. The van der Waals surface area contributed by atoms with Gasteiger partial charge in [-0.25, -0.2) is 4.98 Å². The molecule has 1 aliphatic rings. The molecule has 1 aliphatic heterocycles. The van der Waals surface area contributed by atoms with E-state index in [0.717, 1.165) is 38.0 Å². The van der Waals surface area contributed by atoms with Crippen LogP contribution in [0, 0.1) is 0 Å². The zero-order valence-corrected chi connectivity index (χ0v) is 15.8. The van der Waals surface area contributed by atoms with Gasteiger partial charge in [0.15, 0.2) is 0 Å². The SMILES string of the molecule is CCCN(C(=O)Cc1coc(-c2ccc(Cl)cc2)n1)C1CCNC1.Cl. The van der Waals surface area contributed by atoms with Crippen LogP contribution in [0.25, 0.3) is 11.5 Å². The van der Waals surface area contributed by atoms with Gasteiger partial charge in [-0.3, -0.25) is 4.79 Å². The predicted molar refractivity (Wildman–Crippen MR) is 101 cm³/mol. The second kappa shape index (κ2) is 9.22. The van der Waals surface area contributed by atoms with Gasteiger partial charge < -0.3 is 14.6 Å². The number of hydrogen-bond acceptors (Lipinski definition) is 4. The Morgan fingerprint density at radius 3 is 2.80 bits per heavy atom. The van der Waals surface area contributed by atoms with Crippen LogP contribution in [-0.4, -0.2) is 41.5 Å². The molecule has 1 aromatic heterocycles. The van der Waals surface area contributed by atoms with E-state index in [1.54, 1.807) is 18.4 Å². The highest BCUT2D eigenvalue weighted by Crippen LogP contribution is 2.21. The molecule has 1 saturated heterocycles. The monoisotopic (exact) mass is 383 g/mol. The van der Waals surface area contributed by atoms with Crippen molar-refractivity contribution < 1.29 is 9.21 Å². The highest BCUT2D eigenvalue weighted by Gasteiger charge is 2.26. The number of amides is 1. The largest absolute Gasteiger partial charge is 0.444 e. The lowest BCUT2D eigenvalue weighted by Crippen LogP contribution is -2.42. The van der Waals surface area contributed by atoms with Crippen molar-refractivity contribution in [2.75, 3.05) is 19.6 Å². The fourth-order valence-corrected chi connectivity index (χ4v) is 3.15. The molecule has 5 nitrogen and oxygen atoms in total. The van der Waals surface area contributed by atoms with E-state index < -0.39 is 0 Å². The topological polar surface area (TPSA) is 58.4 Å². The van der Waals surface area contributed by atoms with Crippen LogP contribution in [0.4, 0.5) is 0 Å². The number of rotatable bonds is 6. The maximum Gasteiger partial charge on any atom is 0.229 e. The zero-order chi connectivity index (χ0) is 16.9. The molecule has 2 aromatic rings. The van der Waals surface area contributed by atoms with E-state index in [1.165, 1.54) is 0 Å². The van der Waals surface area contributed by atoms with Crippen molar-refractivity contribution in [1.29, 1.82) is 0 Å². The summed E-state index contributed by atoms with van der Waals surface area (Å²) in [6, 6.07) is 7.59. The molecule has 2 heterocycles. The standard InChI is InChI=1S/C18H22ClN3O2.ClH/c1-2-9-22(16-7-8-20-11-16)17(23)10-15-12-24-18(21-15)13-3-5-14(19)6-4-13;/h3-6,12,16,20H,2,7-11H2,1H3;1H. The first-order valence-corrected chi connectivity index (χ1v) is 8.75. The van der Waals surface area contributed by atoms with Crippen LogP contribution in [0.5, 0.6) is 0 Å². The molecule has 1 amide bonds. The number of carbonyl (C=O) groups is 1. The Bertz CT molecular complexity index is 682. The van der Waals surface area contributed by atoms with E-state index in [-0.39, 0.29) is 24.7 Å². The second-order valence-electron chi connectivity index (χ2n) is 6.06. The van der Waals surface area contributed by atoms with Crippen molar-refractivity contribution in [3.8, 4) is 11.5 Å². The van der Waals surface area contributed by atoms with E-state index in [4.69, 9.17) is 16.0 Å². The molecule has 7 heteroatoms. The molecule has 0 aliphatic carbocycles. The Balaban J connectivity index is 0.00000225. The summed E-state index contributed by atoms with van der Waals surface area (Å²) in [5.74, 6) is 0.626. The van der Waals surface area contributed by atoms with Gasteiger partial charge >= 0.3 is 0 Å². The summed E-state index contributed by atoms with van der Waals surface area (Å²) in [5.41, 5.74) is 1.51. The van der Waals surface area contributed by atoms with Gasteiger partial charge in [0.1, 0.15) is 6.26 Å². The van der Waals surface area contributed by atoms with Gasteiger partial charge in [0.2, 0.25) is 11.8 Å². The Morgan fingerprint density at radius 2 is 2.16 bits per heavy atom. The number of aromatic nitrogens is 1. The van der Waals surface area contributed by atoms with E-state index >= 15 is 0 Å². The van der Waals surface area contributed by atoms with Gasteiger partial charge in [-0.05, 0) is 43.7 Å². The van der Waals surface area contributed by atoms with Crippen LogP contribution in [-0.2, 0) is 11.2 Å². The molecule has 1 N–H and O–H groups in total. The van der Waals surface area contributed by atoms with Crippen LogP contribution in [0.15, 0.2) is 34.9 Å². The van der Waals surface area contributed by atoms with Gasteiger partial charge in [-0.15, -0.1) is 12.4 Å². The Labute approximate surface area is 159 Å². The highest BCUT2D eigenvalue weighted by atomic mass is 35.5. The number of carbonyl (C=O) groups excluding carboxylic acids is 1. The minimum Gasteiger partial charge on any atom is -0.444 e. The third kappa shape index (κ3) is 4.97. The minimum absolute atomic E-state index is 0. The minimum atomic E-state index is 0. The summed E-state index contributed by atoms with van der Waals surface area (Å²) >= 11 is 5.89. The summed E-state index contributed by atoms with van der Waals surface area (Å²) in [5, 5.41) is 3.99. The summed E-state index contributed by atoms with van der Waals surface area (Å²) in [6.45, 7) is 4.73. The van der Waals surface area contributed by atoms with Gasteiger partial charge in [0, 0.05) is 29.7 Å². The van der Waals surface area contributed by atoms with Crippen LogP contribution in [0.1, 0.15) is 25.5 Å². The van der Waals surface area contributed by atoms with Crippen molar-refractivity contribution in [3.63, 3.8) is 0 Å². The zero-order valence-electron chi connectivity index (χ0n) is 14.2. The average Bonchev–Trinajstić information content (AvgIpc) is 3.25. The van der Waals surface area contributed by atoms with E-state index in [0.29, 0.717) is 22.6 Å². The lowest BCUT2D eigenvalue weighted by Gasteiger charge is -2.28. The van der Waals surface area contributed by atoms with Gasteiger partial charge in [-0.1, -0.05) is 18.5 Å². The van der Waals surface area contributed by atoms with E-state index in [1.807, 2.05) is 17.0 Å². The third-order valence-corrected chi connectivity index (χ3v) is 4.49. The van der Waals surface area contributed by atoms with E-state index in [2.05, 4.69) is 17.2 Å². The molecule has 136 valence electrons. The van der Waals surface area contributed by atoms with Crippen molar-refractivity contribution in [3.05, 3.63) is 41.2 Å². The van der Waals surface area contributed by atoms with Gasteiger partial charge in [0.25, 0.3) is 0 Å². The normalized spacial score (nSPS) is 16.5. The first kappa shape index (κ1) is 19.8. The first-order valence-electron chi connectivity index (χ1n) is 8.38. The molecule has 0 spiro atoms. The second-order valence-corrected chi connectivity index (χ2v) is 6.50. The number of nitrogens with zero attached hydrogens (tertiary/aromatic N) is 2. The number of benzene rings is 1. The Kier molecular flexibility index (Phi) is 7.29. The summed E-state index contributed by atoms with van der Waals surface area (Å²) < 4.78 is 5.52. The maximum atomic E-state index is 12.7. The van der Waals surface area contributed by atoms with E-state index in [9.17, 15) is 4.79 Å². The Hall–Kier alpha value is -1.56. The lowest BCUT2D eigenvalue weighted by atomic mass is 10.1. The lowest BCUT2D eigenvalue weighted by molar-refractivity contribution is -0.132. The molecule has 0 radical (unpaired) electrons. The molecular formula is C18H23Cl2N3O2. The molecule has 3 rings (SSSR count). The van der Waals surface area contributed by atoms with Crippen LogP contribution in [0.3, 0.4) is 0 Å². The van der Waals surface area contributed by atoms with Crippen molar-refractivity contribution >= 4 is 29.9 Å². The predicted octanol–water partition coefficient (Wildman–Crippen LogP) is 3.56. The molecule has 1 aromatic carbocycles. The van der Waals surface area contributed by atoms with Crippen LogP contribution in [0.2, 0.25) is 5.02 Å². The first-order chi connectivity index (χ1) is 11.7. The summed E-state index contributed by atoms with van der Waals surface area (Å²) in [4.78, 5) is 19.1. The molecule has 25 heavy (non-hydrogen) atoms. The molecule has 1 atom stereocenters. The van der Waals surface area contributed by atoms with Gasteiger partial charge in [0.05, 0.1) is 12.1 Å². The number of oxazole rings is 1. The quantitative estimate of drug-likeness (QED) is 0.828. The van der Waals surface area contributed by atoms with Crippen LogP contribution >= 0.6 is 24.0 Å². The molecule has 0 bridgehead atoms. The maximum absolute atomic E-state index is 12.7. The summed E-state index contributed by atoms with van der Waals surface area (Å²) in [7, 11) is 0. The Morgan fingerprint density at radius 1 is 1.40 bits per heavy atom. The molecular weight excluding hydrogens is 361 g/mol. The van der Waals surface area contributed by atoms with Gasteiger partial charge in [-0.2, -0.15) is 0 Å². The molecule has 1 fully saturated rings. The van der Waals surface area contributed by atoms with Crippen molar-refractivity contribution in [2.45, 2.75) is 32.2 Å². The number of hydrogen-bond donors (Lipinski definition) is 1. The number of halogens is 2. The third-order valence-electron chi connectivity index (χ3n) is 4.24. The molecule has 0 saturated carbocycles. The fourth-order valence-electron chi connectivity index (χ4n) is 3.03. The van der Waals surface area contributed by atoms with Crippen molar-refractivity contribution in [2.24, 2.45) is 0 Å². The fraction of sp³-hybridized carbons (Fsp3) is 0.444. The number of nitrogens with one attached hydrogen (secondary N) is 1. The van der Waals surface area contributed by atoms with Crippen LogP contribution < -0.4 is 5.32 Å². The highest BCUT2D eigenvalue weighted by molar-refractivity contribution is 6.30. The average molecular weight is 384 g/mol. The van der Waals surface area contributed by atoms with Crippen molar-refractivity contribution in [1.82, 2.24) is 15.2 Å². The molecule has 1 unspecified atom stereocenters.